The number of halogens is 3. The fraction of sp³-hybridized carbons (Fsp3) is 0.600. The fourth-order valence-corrected chi connectivity index (χ4v) is 3.30. The topological polar surface area (TPSA) is 52.4 Å². The van der Waals surface area contributed by atoms with Crippen molar-refractivity contribution in [1.29, 1.82) is 0 Å². The summed E-state index contributed by atoms with van der Waals surface area (Å²) in [6.07, 6.45) is -6.73. The molecule has 23 heavy (non-hydrogen) atoms. The van der Waals surface area contributed by atoms with E-state index in [1.807, 2.05) is 7.05 Å². The minimum Gasteiger partial charge on any atom is -0.492 e. The van der Waals surface area contributed by atoms with Crippen molar-refractivity contribution in [3.63, 3.8) is 0 Å². The number of quaternary nitrogens is 1. The van der Waals surface area contributed by atoms with Crippen molar-refractivity contribution >= 4 is 0 Å². The molecule has 0 radical (unpaired) electrons. The van der Waals surface area contributed by atoms with Crippen LogP contribution in [0.2, 0.25) is 0 Å². The summed E-state index contributed by atoms with van der Waals surface area (Å²) >= 11 is 0. The van der Waals surface area contributed by atoms with Gasteiger partial charge in [-0.1, -0.05) is 0 Å². The highest BCUT2D eigenvalue weighted by Crippen LogP contribution is 2.48. The molecule has 128 valence electrons. The molecule has 0 spiro atoms. The van der Waals surface area contributed by atoms with Crippen molar-refractivity contribution in [2.45, 2.75) is 31.2 Å². The number of likely N-dealkylation sites (N-methyl/N-ethyl adjacent to an activating group) is 1. The Morgan fingerprint density at radius 1 is 1.43 bits per heavy atom. The number of rotatable bonds is 3. The van der Waals surface area contributed by atoms with Crippen LogP contribution in [-0.2, 0) is 6.42 Å². The first-order valence-electron chi connectivity index (χ1n) is 7.39. The van der Waals surface area contributed by atoms with Crippen molar-refractivity contribution in [3.8, 4) is 17.2 Å². The van der Waals surface area contributed by atoms with Gasteiger partial charge in [0, 0.05) is 12.8 Å². The molecule has 0 aromatic heterocycles. The van der Waals surface area contributed by atoms with Crippen LogP contribution >= 0.6 is 0 Å². The van der Waals surface area contributed by atoms with E-state index in [-0.39, 0.29) is 6.79 Å². The van der Waals surface area contributed by atoms with Gasteiger partial charge in [-0.25, -0.2) is 0 Å². The third-order valence-electron chi connectivity index (χ3n) is 4.52. The van der Waals surface area contributed by atoms with Gasteiger partial charge in [-0.2, -0.15) is 13.2 Å². The van der Waals surface area contributed by atoms with Crippen molar-refractivity contribution in [1.82, 2.24) is 0 Å². The van der Waals surface area contributed by atoms with Gasteiger partial charge >= 0.3 is 6.18 Å². The lowest BCUT2D eigenvalue weighted by atomic mass is 9.88. The number of nitrogens with one attached hydrogen (secondary N) is 1. The third kappa shape index (κ3) is 2.81. The first-order chi connectivity index (χ1) is 10.8. The lowest BCUT2D eigenvalue weighted by molar-refractivity contribution is -0.915. The number of ether oxygens (including phenoxy) is 3. The maximum absolute atomic E-state index is 12.8. The van der Waals surface area contributed by atoms with Gasteiger partial charge < -0.3 is 24.2 Å². The zero-order chi connectivity index (χ0) is 16.8. The number of alkyl halides is 3. The Morgan fingerprint density at radius 2 is 2.17 bits per heavy atom. The molecule has 1 aromatic carbocycles. The first kappa shape index (κ1) is 16.2. The average Bonchev–Trinajstić information content (AvgIpc) is 2.94. The van der Waals surface area contributed by atoms with Crippen LogP contribution in [0.5, 0.6) is 17.2 Å². The van der Waals surface area contributed by atoms with Gasteiger partial charge in [0.15, 0.2) is 17.6 Å². The van der Waals surface area contributed by atoms with E-state index in [0.29, 0.717) is 35.8 Å². The summed E-state index contributed by atoms with van der Waals surface area (Å²) in [7, 11) is 3.28. The minimum atomic E-state index is -4.64. The zero-order valence-corrected chi connectivity index (χ0v) is 12.9. The van der Waals surface area contributed by atoms with Crippen LogP contribution < -0.4 is 19.1 Å². The van der Waals surface area contributed by atoms with Crippen LogP contribution in [0.1, 0.15) is 23.6 Å². The van der Waals surface area contributed by atoms with Gasteiger partial charge in [0.05, 0.1) is 26.3 Å². The Kier molecular flexibility index (Phi) is 4.05. The molecule has 2 aliphatic heterocycles. The molecule has 2 heterocycles. The molecule has 0 amide bonds. The van der Waals surface area contributed by atoms with Crippen LogP contribution in [0.15, 0.2) is 6.07 Å². The lowest BCUT2D eigenvalue weighted by Crippen LogP contribution is -3.10. The number of hydrogen-bond acceptors (Lipinski definition) is 4. The number of aliphatic hydroxyl groups is 1. The molecular weight excluding hydrogens is 315 g/mol. The lowest BCUT2D eigenvalue weighted by Gasteiger charge is -2.34. The van der Waals surface area contributed by atoms with Gasteiger partial charge in [-0.15, -0.1) is 0 Å². The summed E-state index contributed by atoms with van der Waals surface area (Å²) < 4.78 is 54.5. The molecule has 0 bridgehead atoms. The second-order valence-corrected chi connectivity index (χ2v) is 5.91. The Morgan fingerprint density at radius 3 is 2.83 bits per heavy atom. The smallest absolute Gasteiger partial charge is 0.414 e. The molecular formula is C15H19F3NO4+. The standard InChI is InChI=1S/C15H18F3NO4/c1-19-4-3-8-5-10-13(23-7-22-10)14(21-2)12(8)9(19)6-11(20)15(16,17)18/h5,9,11,20H,3-4,6-7H2,1-2H3/p+1/t9-,11+/m0/s1. The molecule has 0 fully saturated rings. The van der Waals surface area contributed by atoms with Crippen molar-refractivity contribution in [2.24, 2.45) is 0 Å². The number of fused-ring (bicyclic) bond motifs is 2. The summed E-state index contributed by atoms with van der Waals surface area (Å²) in [5.41, 5.74) is 1.56. The van der Waals surface area contributed by atoms with E-state index < -0.39 is 24.7 Å². The van der Waals surface area contributed by atoms with Crippen LogP contribution in [-0.4, -0.2) is 44.9 Å². The van der Waals surface area contributed by atoms with Gasteiger partial charge in [0.25, 0.3) is 0 Å². The largest absolute Gasteiger partial charge is 0.492 e. The Bertz CT molecular complexity index is 605. The van der Waals surface area contributed by atoms with Crippen molar-refractivity contribution in [3.05, 3.63) is 17.2 Å². The Hall–Kier alpha value is -1.67. The first-order valence-corrected chi connectivity index (χ1v) is 7.39. The number of hydrogen-bond donors (Lipinski definition) is 2. The highest BCUT2D eigenvalue weighted by atomic mass is 19.4. The molecule has 8 heteroatoms. The minimum absolute atomic E-state index is 0.0626. The van der Waals surface area contributed by atoms with E-state index in [4.69, 9.17) is 14.2 Å². The summed E-state index contributed by atoms with van der Waals surface area (Å²) in [5, 5.41) is 9.50. The second kappa shape index (κ2) is 5.76. The predicted octanol–water partition coefficient (Wildman–Crippen LogP) is 0.849. The normalized spacial score (nSPS) is 24.3. The van der Waals surface area contributed by atoms with Crippen molar-refractivity contribution in [2.75, 3.05) is 27.5 Å². The summed E-state index contributed by atoms with van der Waals surface area (Å²) in [6, 6.07) is 1.28. The number of aliphatic hydroxyl groups excluding tert-OH is 1. The van der Waals surface area contributed by atoms with E-state index in [0.717, 1.165) is 10.5 Å². The molecule has 1 unspecified atom stereocenters. The molecule has 3 atom stereocenters. The van der Waals surface area contributed by atoms with Crippen LogP contribution in [0.3, 0.4) is 0 Å². The molecule has 3 rings (SSSR count). The monoisotopic (exact) mass is 334 g/mol. The SMILES string of the molecule is COc1c2c(cc3c1[C@H](C[C@@H](O)C(F)(F)F)[NH+](C)CC3)OCO2. The predicted molar refractivity (Wildman–Crippen MR) is 74.0 cm³/mol. The van der Waals surface area contributed by atoms with Crippen LogP contribution in [0.25, 0.3) is 0 Å². The Labute approximate surface area is 131 Å². The number of methoxy groups -OCH3 is 1. The van der Waals surface area contributed by atoms with Gasteiger partial charge in [0.2, 0.25) is 12.5 Å². The molecule has 0 aliphatic carbocycles. The molecule has 1 aromatic rings. The summed E-state index contributed by atoms with van der Waals surface area (Å²) in [6.45, 7) is 0.734. The van der Waals surface area contributed by atoms with Gasteiger partial charge in [-0.05, 0) is 11.6 Å². The maximum atomic E-state index is 12.8. The highest BCUT2D eigenvalue weighted by Gasteiger charge is 2.44. The zero-order valence-electron chi connectivity index (χ0n) is 12.9. The van der Waals surface area contributed by atoms with Gasteiger partial charge in [0.1, 0.15) is 6.04 Å². The highest BCUT2D eigenvalue weighted by molar-refractivity contribution is 5.61. The molecule has 0 saturated heterocycles. The number of benzene rings is 1. The summed E-state index contributed by atoms with van der Waals surface area (Å²) in [5.74, 6) is 1.39. The van der Waals surface area contributed by atoms with Crippen LogP contribution in [0.4, 0.5) is 13.2 Å². The average molecular weight is 334 g/mol. The molecule has 0 saturated carbocycles. The third-order valence-corrected chi connectivity index (χ3v) is 4.52. The molecule has 2 N–H and O–H groups in total. The summed E-state index contributed by atoms with van der Waals surface area (Å²) in [4.78, 5) is 0.901. The second-order valence-electron chi connectivity index (χ2n) is 5.91. The fourth-order valence-electron chi connectivity index (χ4n) is 3.30. The van der Waals surface area contributed by atoms with E-state index in [1.165, 1.54) is 7.11 Å². The van der Waals surface area contributed by atoms with E-state index >= 15 is 0 Å². The van der Waals surface area contributed by atoms with Gasteiger partial charge in [-0.3, -0.25) is 0 Å². The van der Waals surface area contributed by atoms with Crippen molar-refractivity contribution < 1.29 is 37.4 Å². The van der Waals surface area contributed by atoms with E-state index in [2.05, 4.69) is 0 Å². The quantitative estimate of drug-likeness (QED) is 0.861. The molecule has 5 nitrogen and oxygen atoms in total. The van der Waals surface area contributed by atoms with E-state index in [9.17, 15) is 18.3 Å². The van der Waals surface area contributed by atoms with Crippen LogP contribution in [0, 0.1) is 0 Å². The maximum Gasteiger partial charge on any atom is 0.414 e. The Balaban J connectivity index is 2.04. The molecule has 2 aliphatic rings. The van der Waals surface area contributed by atoms with E-state index in [1.54, 1.807) is 6.07 Å².